The average Bonchev–Trinajstić information content (AvgIpc) is 2.29. The molecule has 1 aliphatic heterocycles. The van der Waals surface area contributed by atoms with Gasteiger partial charge in [-0.3, -0.25) is 4.79 Å². The van der Waals surface area contributed by atoms with Gasteiger partial charge in [0.1, 0.15) is 5.54 Å². The fourth-order valence-corrected chi connectivity index (χ4v) is 1.81. The largest absolute Gasteiger partial charge is 0.480 e. The van der Waals surface area contributed by atoms with Gasteiger partial charge in [0.25, 0.3) is 0 Å². The van der Waals surface area contributed by atoms with E-state index >= 15 is 0 Å². The Balaban J connectivity index is 2.02. The van der Waals surface area contributed by atoms with E-state index in [1.807, 2.05) is 0 Å². The fraction of sp³-hybridized carbons (Fsp3) is 0.917. The van der Waals surface area contributed by atoms with E-state index in [9.17, 15) is 4.79 Å². The molecule has 3 N–H and O–H groups in total. The maximum absolute atomic E-state index is 10.8. The van der Waals surface area contributed by atoms with E-state index in [0.29, 0.717) is 25.4 Å². The highest BCUT2D eigenvalue weighted by molar-refractivity contribution is 5.77. The van der Waals surface area contributed by atoms with Crippen LogP contribution in [0, 0.1) is 5.92 Å². The third-order valence-corrected chi connectivity index (χ3v) is 3.17. The van der Waals surface area contributed by atoms with Crippen molar-refractivity contribution < 1.29 is 19.4 Å². The van der Waals surface area contributed by atoms with E-state index in [-0.39, 0.29) is 0 Å². The molecule has 0 amide bonds. The van der Waals surface area contributed by atoms with Crippen molar-refractivity contribution in [3.05, 3.63) is 0 Å². The molecule has 0 aromatic heterocycles. The van der Waals surface area contributed by atoms with Crippen molar-refractivity contribution >= 4 is 5.97 Å². The van der Waals surface area contributed by atoms with Gasteiger partial charge in [-0.1, -0.05) is 0 Å². The summed E-state index contributed by atoms with van der Waals surface area (Å²) in [7, 11) is 0. The Morgan fingerprint density at radius 3 is 2.76 bits per heavy atom. The van der Waals surface area contributed by atoms with Crippen molar-refractivity contribution in [3.8, 4) is 0 Å². The third kappa shape index (κ3) is 5.48. The minimum absolute atomic E-state index is 0.441. The Morgan fingerprint density at radius 2 is 2.18 bits per heavy atom. The van der Waals surface area contributed by atoms with Crippen LogP contribution in [-0.4, -0.2) is 43.0 Å². The van der Waals surface area contributed by atoms with Crippen LogP contribution in [-0.2, 0) is 14.3 Å². The number of rotatable bonds is 7. The van der Waals surface area contributed by atoms with Crippen LogP contribution in [0.4, 0.5) is 0 Å². The zero-order chi connectivity index (χ0) is 12.7. The summed E-state index contributed by atoms with van der Waals surface area (Å²) in [6.07, 6.45) is 3.24. The molecule has 0 aliphatic carbocycles. The van der Waals surface area contributed by atoms with E-state index in [4.69, 9.17) is 20.3 Å². The predicted octanol–water partition coefficient (Wildman–Crippen LogP) is 1.01. The minimum Gasteiger partial charge on any atom is -0.480 e. The first-order valence-corrected chi connectivity index (χ1v) is 6.20. The zero-order valence-electron chi connectivity index (χ0n) is 10.5. The molecule has 1 heterocycles. The molecular formula is C12H23NO4. The monoisotopic (exact) mass is 245 g/mol. The van der Waals surface area contributed by atoms with Crippen molar-refractivity contribution in [3.63, 3.8) is 0 Å². The molecule has 0 spiro atoms. The number of ether oxygens (including phenoxy) is 2. The summed E-state index contributed by atoms with van der Waals surface area (Å²) in [5.41, 5.74) is 4.48. The quantitative estimate of drug-likeness (QED) is 0.654. The SMILES string of the molecule is CC(N)(CCCOCC1CCOCC1)C(=O)O. The molecule has 1 unspecified atom stereocenters. The van der Waals surface area contributed by atoms with Crippen molar-refractivity contribution in [2.45, 2.75) is 38.1 Å². The van der Waals surface area contributed by atoms with E-state index in [0.717, 1.165) is 32.7 Å². The van der Waals surface area contributed by atoms with Gasteiger partial charge in [-0.25, -0.2) is 0 Å². The summed E-state index contributed by atoms with van der Waals surface area (Å²) >= 11 is 0. The number of carboxylic acids is 1. The fourth-order valence-electron chi connectivity index (χ4n) is 1.81. The molecule has 0 aromatic rings. The molecule has 0 radical (unpaired) electrons. The standard InChI is InChI=1S/C12H23NO4/c1-12(13,11(14)15)5-2-6-17-9-10-3-7-16-8-4-10/h10H,2-9,13H2,1H3,(H,14,15). The average molecular weight is 245 g/mol. The summed E-state index contributed by atoms with van der Waals surface area (Å²) in [5, 5.41) is 8.82. The lowest BCUT2D eigenvalue weighted by Gasteiger charge is -2.22. The molecule has 1 atom stereocenters. The van der Waals surface area contributed by atoms with Gasteiger partial charge in [0, 0.05) is 26.4 Å². The van der Waals surface area contributed by atoms with Gasteiger partial charge in [-0.15, -0.1) is 0 Å². The Labute approximate surface area is 102 Å². The second kappa shape index (κ2) is 6.93. The van der Waals surface area contributed by atoms with Gasteiger partial charge in [0.15, 0.2) is 0 Å². The van der Waals surface area contributed by atoms with Crippen LogP contribution < -0.4 is 5.73 Å². The van der Waals surface area contributed by atoms with E-state index < -0.39 is 11.5 Å². The maximum atomic E-state index is 10.8. The number of hydrogen-bond acceptors (Lipinski definition) is 4. The first kappa shape index (κ1) is 14.4. The van der Waals surface area contributed by atoms with Gasteiger partial charge in [-0.05, 0) is 38.5 Å². The highest BCUT2D eigenvalue weighted by Gasteiger charge is 2.26. The Bertz CT molecular complexity index is 237. The molecule has 100 valence electrons. The summed E-state index contributed by atoms with van der Waals surface area (Å²) < 4.78 is 10.8. The number of carboxylic acid groups (broad SMARTS) is 1. The van der Waals surface area contributed by atoms with Crippen LogP contribution in [0.5, 0.6) is 0 Å². The van der Waals surface area contributed by atoms with Crippen molar-refractivity contribution in [1.82, 2.24) is 0 Å². The van der Waals surface area contributed by atoms with Crippen LogP contribution in [0.1, 0.15) is 32.6 Å². The Morgan fingerprint density at radius 1 is 1.53 bits per heavy atom. The van der Waals surface area contributed by atoms with Gasteiger partial charge in [-0.2, -0.15) is 0 Å². The predicted molar refractivity (Wildman–Crippen MR) is 63.8 cm³/mol. The molecule has 1 aliphatic rings. The number of hydrogen-bond donors (Lipinski definition) is 2. The second-order valence-electron chi connectivity index (χ2n) is 4.96. The second-order valence-corrected chi connectivity index (χ2v) is 4.96. The zero-order valence-corrected chi connectivity index (χ0v) is 10.5. The highest BCUT2D eigenvalue weighted by Crippen LogP contribution is 2.15. The molecule has 0 aromatic carbocycles. The number of aliphatic carboxylic acids is 1. The van der Waals surface area contributed by atoms with E-state index in [2.05, 4.69) is 0 Å². The Kier molecular flexibility index (Phi) is 5.88. The van der Waals surface area contributed by atoms with Gasteiger partial charge >= 0.3 is 5.97 Å². The summed E-state index contributed by atoms with van der Waals surface area (Å²) in [6, 6.07) is 0. The molecule has 0 bridgehead atoms. The van der Waals surface area contributed by atoms with Crippen LogP contribution in [0.25, 0.3) is 0 Å². The molecule has 1 rings (SSSR count). The smallest absolute Gasteiger partial charge is 0.323 e. The molecule has 1 fully saturated rings. The number of nitrogens with two attached hydrogens (primary N) is 1. The lowest BCUT2D eigenvalue weighted by molar-refractivity contribution is -0.143. The van der Waals surface area contributed by atoms with Crippen LogP contribution in [0.2, 0.25) is 0 Å². The maximum Gasteiger partial charge on any atom is 0.323 e. The number of carbonyl (C=O) groups is 1. The van der Waals surface area contributed by atoms with Gasteiger partial charge < -0.3 is 20.3 Å². The van der Waals surface area contributed by atoms with Crippen LogP contribution in [0.15, 0.2) is 0 Å². The lowest BCUT2D eigenvalue weighted by Crippen LogP contribution is -2.44. The molecule has 5 nitrogen and oxygen atoms in total. The molecular weight excluding hydrogens is 222 g/mol. The van der Waals surface area contributed by atoms with E-state index in [1.54, 1.807) is 0 Å². The van der Waals surface area contributed by atoms with E-state index in [1.165, 1.54) is 6.92 Å². The van der Waals surface area contributed by atoms with Crippen LogP contribution in [0.3, 0.4) is 0 Å². The summed E-state index contributed by atoms with van der Waals surface area (Å²) in [5.74, 6) is -0.366. The van der Waals surface area contributed by atoms with Crippen LogP contribution >= 0.6 is 0 Å². The highest BCUT2D eigenvalue weighted by atomic mass is 16.5. The topological polar surface area (TPSA) is 81.8 Å². The summed E-state index contributed by atoms with van der Waals surface area (Å²) in [6.45, 7) is 4.52. The van der Waals surface area contributed by atoms with Gasteiger partial charge in [0.05, 0.1) is 0 Å². The molecule has 1 saturated heterocycles. The first-order chi connectivity index (χ1) is 8.02. The first-order valence-electron chi connectivity index (χ1n) is 6.20. The summed E-state index contributed by atoms with van der Waals surface area (Å²) in [4.78, 5) is 10.8. The van der Waals surface area contributed by atoms with Crippen molar-refractivity contribution in [2.75, 3.05) is 26.4 Å². The van der Waals surface area contributed by atoms with Crippen molar-refractivity contribution in [2.24, 2.45) is 11.7 Å². The van der Waals surface area contributed by atoms with Crippen molar-refractivity contribution in [1.29, 1.82) is 0 Å². The van der Waals surface area contributed by atoms with Gasteiger partial charge in [0.2, 0.25) is 0 Å². The lowest BCUT2D eigenvalue weighted by atomic mass is 9.98. The minimum atomic E-state index is -1.14. The molecule has 5 heteroatoms. The molecule has 0 saturated carbocycles. The third-order valence-electron chi connectivity index (χ3n) is 3.17. The Hall–Kier alpha value is -0.650. The molecule has 17 heavy (non-hydrogen) atoms. The normalized spacial score (nSPS) is 21.1.